The molecule has 0 spiro atoms. The van der Waals surface area contributed by atoms with Gasteiger partial charge in [0.25, 0.3) is 6.29 Å². The summed E-state index contributed by atoms with van der Waals surface area (Å²) in [7, 11) is 0. The summed E-state index contributed by atoms with van der Waals surface area (Å²) in [6, 6.07) is 10.1. The van der Waals surface area contributed by atoms with Gasteiger partial charge in [-0.2, -0.15) is 0 Å². The van der Waals surface area contributed by atoms with Crippen LogP contribution in [-0.4, -0.2) is 42.8 Å². The van der Waals surface area contributed by atoms with Crippen molar-refractivity contribution in [2.45, 2.75) is 32.0 Å². The first-order chi connectivity index (χ1) is 16.8. The number of ether oxygens (including phenoxy) is 3. The number of aliphatic carboxylic acids is 1. The summed E-state index contributed by atoms with van der Waals surface area (Å²) in [5, 5.41) is 13.6. The number of carbonyl (C=O) groups is 3. The lowest BCUT2D eigenvalue weighted by molar-refractivity contribution is -0.143. The molecule has 0 aromatic heterocycles. The lowest BCUT2D eigenvalue weighted by Gasteiger charge is -2.32. The smallest absolute Gasteiger partial charge is 0.414 e. The van der Waals surface area contributed by atoms with Gasteiger partial charge in [-0.15, -0.1) is 0 Å². The lowest BCUT2D eigenvalue weighted by Crippen LogP contribution is -2.37. The van der Waals surface area contributed by atoms with Crippen LogP contribution in [0.15, 0.2) is 48.5 Å². The van der Waals surface area contributed by atoms with Gasteiger partial charge >= 0.3 is 18.2 Å². The Balaban J connectivity index is 1.60. The number of carboxylic acid groups (broad SMARTS) is 1. The molecule has 0 unspecified atom stereocenters. The third-order valence-electron chi connectivity index (χ3n) is 5.48. The first kappa shape index (κ1) is 25.9. The fourth-order valence-corrected chi connectivity index (χ4v) is 3.73. The maximum Gasteiger partial charge on any atom is 0.414 e. The topological polar surface area (TPSA) is 123 Å². The Morgan fingerprint density at radius 3 is 1.71 bits per heavy atom. The van der Waals surface area contributed by atoms with E-state index in [9.17, 15) is 23.2 Å². The minimum Gasteiger partial charge on any atom is -0.480 e. The van der Waals surface area contributed by atoms with E-state index in [0.717, 1.165) is 0 Å². The second-order valence-electron chi connectivity index (χ2n) is 8.13. The normalized spacial score (nSPS) is 17.5. The molecular formula is C24H26F2N2O7. The quantitative estimate of drug-likeness (QED) is 0.421. The molecule has 2 aromatic rings. The number of hydrogen-bond acceptors (Lipinski definition) is 6. The van der Waals surface area contributed by atoms with Crippen LogP contribution in [-0.2, 0) is 19.0 Å². The average Bonchev–Trinajstić information content (AvgIpc) is 2.82. The van der Waals surface area contributed by atoms with E-state index < -0.39 is 36.1 Å². The van der Waals surface area contributed by atoms with Crippen LogP contribution in [0.4, 0.5) is 29.7 Å². The molecule has 0 saturated heterocycles. The first-order valence-corrected chi connectivity index (χ1v) is 11.0. The van der Waals surface area contributed by atoms with Crippen molar-refractivity contribution in [3.8, 4) is 0 Å². The standard InChI is InChI=1S/C24H26F2N2O7/c25-17-5-9-19(10-6-17)27-23(31)34-22(35-24(32)28-20-11-7-18(26)8-12-20)16-3-1-15(2-4-16)13-33-14-21(29)30/h5-12,15-16,22H,1-4,13-14H2,(H,27,31)(H,28,32)(H,29,30). The van der Waals surface area contributed by atoms with E-state index in [0.29, 0.717) is 43.7 Å². The van der Waals surface area contributed by atoms with Crippen LogP contribution >= 0.6 is 0 Å². The molecule has 1 aliphatic rings. The van der Waals surface area contributed by atoms with Crippen LogP contribution in [0, 0.1) is 23.5 Å². The minimum absolute atomic E-state index is 0.132. The van der Waals surface area contributed by atoms with E-state index >= 15 is 0 Å². The highest BCUT2D eigenvalue weighted by atomic mass is 19.1. The Bertz CT molecular complexity index is 932. The Morgan fingerprint density at radius 2 is 1.29 bits per heavy atom. The van der Waals surface area contributed by atoms with Gasteiger partial charge in [-0.05, 0) is 80.1 Å². The van der Waals surface area contributed by atoms with E-state index in [1.807, 2.05) is 0 Å². The molecule has 0 atom stereocenters. The van der Waals surface area contributed by atoms with E-state index in [2.05, 4.69) is 10.6 Å². The summed E-state index contributed by atoms with van der Waals surface area (Å²) >= 11 is 0. The second kappa shape index (κ2) is 12.7. The number of rotatable bonds is 9. The van der Waals surface area contributed by atoms with E-state index in [1.54, 1.807) is 0 Å². The number of nitrogens with one attached hydrogen (secondary N) is 2. The summed E-state index contributed by atoms with van der Waals surface area (Å²) in [6.45, 7) is -0.0800. The molecule has 3 rings (SSSR count). The lowest BCUT2D eigenvalue weighted by atomic mass is 9.82. The summed E-state index contributed by atoms with van der Waals surface area (Å²) < 4.78 is 42.2. The van der Waals surface area contributed by atoms with Gasteiger partial charge in [-0.1, -0.05) is 0 Å². The predicted octanol–water partition coefficient (Wildman–Crippen LogP) is 5.00. The van der Waals surface area contributed by atoms with Crippen LogP contribution in [0.2, 0.25) is 0 Å². The number of carbonyl (C=O) groups excluding carboxylic acids is 2. The van der Waals surface area contributed by atoms with Gasteiger partial charge in [0.2, 0.25) is 0 Å². The Kier molecular flexibility index (Phi) is 9.36. The van der Waals surface area contributed by atoms with Crippen molar-refractivity contribution < 1.29 is 42.5 Å². The zero-order valence-electron chi connectivity index (χ0n) is 18.7. The molecule has 2 aromatic carbocycles. The van der Waals surface area contributed by atoms with E-state index in [-0.39, 0.29) is 18.4 Å². The summed E-state index contributed by atoms with van der Waals surface area (Å²) in [5.74, 6) is -2.16. The molecule has 3 N–H and O–H groups in total. The molecule has 1 saturated carbocycles. The molecule has 0 aliphatic heterocycles. The maximum absolute atomic E-state index is 13.1. The summed E-state index contributed by atoms with van der Waals surface area (Å²) in [6.07, 6.45) is -0.596. The number of carboxylic acids is 1. The number of amides is 2. The highest BCUT2D eigenvalue weighted by Crippen LogP contribution is 2.33. The summed E-state index contributed by atoms with van der Waals surface area (Å²) in [5.41, 5.74) is 0.593. The van der Waals surface area contributed by atoms with Gasteiger partial charge in [0.15, 0.2) is 0 Å². The molecule has 1 fully saturated rings. The van der Waals surface area contributed by atoms with Crippen molar-refractivity contribution in [3.05, 3.63) is 60.2 Å². The third kappa shape index (κ3) is 8.85. The van der Waals surface area contributed by atoms with Gasteiger partial charge in [-0.3, -0.25) is 10.6 Å². The maximum atomic E-state index is 13.1. The van der Waals surface area contributed by atoms with Gasteiger partial charge in [0, 0.05) is 17.3 Å². The van der Waals surface area contributed by atoms with Crippen molar-refractivity contribution in [1.82, 2.24) is 0 Å². The molecule has 188 valence electrons. The molecule has 0 bridgehead atoms. The monoisotopic (exact) mass is 492 g/mol. The minimum atomic E-state index is -1.23. The van der Waals surface area contributed by atoms with Crippen LogP contribution in [0.5, 0.6) is 0 Å². The Hall–Kier alpha value is -3.73. The Morgan fingerprint density at radius 1 is 0.829 bits per heavy atom. The first-order valence-electron chi connectivity index (χ1n) is 11.0. The molecule has 2 amide bonds. The largest absolute Gasteiger partial charge is 0.480 e. The summed E-state index contributed by atoms with van der Waals surface area (Å²) in [4.78, 5) is 35.5. The fraction of sp³-hybridized carbons (Fsp3) is 0.375. The van der Waals surface area contributed by atoms with E-state index in [4.69, 9.17) is 19.3 Å². The third-order valence-corrected chi connectivity index (χ3v) is 5.48. The highest BCUT2D eigenvalue weighted by molar-refractivity contribution is 5.86. The van der Waals surface area contributed by atoms with Gasteiger partial charge < -0.3 is 19.3 Å². The molecule has 1 aliphatic carbocycles. The van der Waals surface area contributed by atoms with Crippen LogP contribution < -0.4 is 10.6 Å². The van der Waals surface area contributed by atoms with Crippen molar-refractivity contribution in [3.63, 3.8) is 0 Å². The van der Waals surface area contributed by atoms with Crippen LogP contribution in [0.1, 0.15) is 25.7 Å². The zero-order chi connectivity index (χ0) is 25.2. The average molecular weight is 492 g/mol. The van der Waals surface area contributed by atoms with Crippen molar-refractivity contribution in [1.29, 1.82) is 0 Å². The second-order valence-corrected chi connectivity index (χ2v) is 8.13. The van der Waals surface area contributed by atoms with Crippen molar-refractivity contribution in [2.75, 3.05) is 23.8 Å². The molecule has 0 radical (unpaired) electrons. The van der Waals surface area contributed by atoms with Crippen molar-refractivity contribution >= 4 is 29.5 Å². The SMILES string of the molecule is O=C(O)COCC1CCC(C(OC(=O)Nc2ccc(F)cc2)OC(=O)Nc2ccc(F)cc2)CC1. The number of benzene rings is 2. The predicted molar refractivity (Wildman–Crippen MR) is 121 cm³/mol. The molecule has 35 heavy (non-hydrogen) atoms. The molecule has 0 heterocycles. The number of hydrogen-bond donors (Lipinski definition) is 3. The molecular weight excluding hydrogens is 466 g/mol. The van der Waals surface area contributed by atoms with Crippen LogP contribution in [0.25, 0.3) is 0 Å². The fourth-order valence-electron chi connectivity index (χ4n) is 3.73. The van der Waals surface area contributed by atoms with Gasteiger partial charge in [-0.25, -0.2) is 23.2 Å². The molecule has 9 nitrogen and oxygen atoms in total. The number of halogens is 2. The van der Waals surface area contributed by atoms with E-state index in [1.165, 1.54) is 48.5 Å². The van der Waals surface area contributed by atoms with Gasteiger partial charge in [0.05, 0.1) is 6.61 Å². The molecule has 11 heteroatoms. The van der Waals surface area contributed by atoms with Crippen molar-refractivity contribution in [2.24, 2.45) is 11.8 Å². The number of anilines is 2. The highest BCUT2D eigenvalue weighted by Gasteiger charge is 2.33. The Labute approximate surface area is 200 Å². The zero-order valence-corrected chi connectivity index (χ0v) is 18.7. The van der Waals surface area contributed by atoms with Gasteiger partial charge in [0.1, 0.15) is 18.2 Å². The van der Waals surface area contributed by atoms with Crippen LogP contribution in [0.3, 0.4) is 0 Å².